The van der Waals surface area contributed by atoms with Gasteiger partial charge in [0.25, 0.3) is 0 Å². The van der Waals surface area contributed by atoms with Gasteiger partial charge in [-0.05, 0) is 52.6 Å². The maximum Gasteiger partial charge on any atom is 0.196 e. The summed E-state index contributed by atoms with van der Waals surface area (Å²) in [6, 6.07) is 51.4. The van der Waals surface area contributed by atoms with Crippen LogP contribution in [0.5, 0.6) is 5.75 Å². The number of ether oxygens (including phenoxy) is 1. The third kappa shape index (κ3) is 3.59. The van der Waals surface area contributed by atoms with Crippen LogP contribution >= 0.6 is 0 Å². The second kappa shape index (κ2) is 9.18. The summed E-state index contributed by atoms with van der Waals surface area (Å²) in [5.74, 6) is 0.908. The fourth-order valence-electron chi connectivity index (χ4n) is 6.02. The average molecular weight is 515 g/mol. The minimum Gasteiger partial charge on any atom is -0.464 e. The van der Waals surface area contributed by atoms with Gasteiger partial charge in [0.1, 0.15) is 0 Å². The number of fused-ring (bicyclic) bond motifs is 7. The van der Waals surface area contributed by atoms with Crippen molar-refractivity contribution in [2.45, 2.75) is 6.23 Å². The number of benzene rings is 7. The maximum absolute atomic E-state index is 6.62. The molecule has 8 rings (SSSR count). The van der Waals surface area contributed by atoms with E-state index in [4.69, 9.17) is 4.74 Å². The standard InChI is InChI=1S/C37H26N2O/c1-3-13-26(14-4-1)37-38-35-31-20-10-9-19-30(31)33-24-28(22-23-32(33)36(35)40-37)39(27-16-5-2-6-17-27)34-21-11-15-25-12-7-8-18-29(25)34/h1-24,37-38H. The zero-order chi connectivity index (χ0) is 26.5. The monoisotopic (exact) mass is 514 g/mol. The molecule has 190 valence electrons. The Morgan fingerprint density at radius 1 is 0.500 bits per heavy atom. The van der Waals surface area contributed by atoms with E-state index >= 15 is 0 Å². The molecule has 0 radical (unpaired) electrons. The molecular weight excluding hydrogens is 488 g/mol. The molecule has 0 saturated heterocycles. The van der Waals surface area contributed by atoms with E-state index in [1.165, 1.54) is 21.5 Å². The molecule has 0 fully saturated rings. The Morgan fingerprint density at radius 2 is 1.18 bits per heavy atom. The van der Waals surface area contributed by atoms with Gasteiger partial charge in [0, 0.05) is 33.1 Å². The summed E-state index contributed by atoms with van der Waals surface area (Å²) >= 11 is 0. The predicted molar refractivity (Wildman–Crippen MR) is 167 cm³/mol. The van der Waals surface area contributed by atoms with Crippen LogP contribution in [0.1, 0.15) is 11.8 Å². The van der Waals surface area contributed by atoms with Crippen LogP contribution in [-0.4, -0.2) is 0 Å². The number of nitrogens with zero attached hydrogens (tertiary/aromatic N) is 1. The predicted octanol–water partition coefficient (Wildman–Crippen LogP) is 10.1. The summed E-state index contributed by atoms with van der Waals surface area (Å²) in [4.78, 5) is 2.36. The molecule has 1 atom stereocenters. The summed E-state index contributed by atoms with van der Waals surface area (Å²) in [5.41, 5.74) is 5.53. The highest BCUT2D eigenvalue weighted by Gasteiger charge is 2.28. The van der Waals surface area contributed by atoms with Gasteiger partial charge < -0.3 is 15.0 Å². The first-order chi connectivity index (χ1) is 19.8. The molecule has 1 N–H and O–H groups in total. The molecule has 0 aliphatic carbocycles. The van der Waals surface area contributed by atoms with Crippen LogP contribution in [-0.2, 0) is 0 Å². The van der Waals surface area contributed by atoms with Crippen LogP contribution < -0.4 is 15.0 Å². The van der Waals surface area contributed by atoms with Crippen molar-refractivity contribution in [1.29, 1.82) is 0 Å². The molecule has 0 spiro atoms. The van der Waals surface area contributed by atoms with Gasteiger partial charge in [0.2, 0.25) is 0 Å². The first-order valence-corrected chi connectivity index (χ1v) is 13.6. The highest BCUT2D eigenvalue weighted by molar-refractivity contribution is 6.18. The van der Waals surface area contributed by atoms with Crippen LogP contribution in [0.15, 0.2) is 146 Å². The summed E-state index contributed by atoms with van der Waals surface area (Å²) < 4.78 is 6.62. The molecule has 0 saturated carbocycles. The van der Waals surface area contributed by atoms with Gasteiger partial charge in [0.05, 0.1) is 11.4 Å². The lowest BCUT2D eigenvalue weighted by molar-refractivity contribution is 0.262. The van der Waals surface area contributed by atoms with E-state index in [1.807, 2.05) is 6.07 Å². The molecular formula is C37H26N2O. The Morgan fingerprint density at radius 3 is 2.00 bits per heavy atom. The Bertz CT molecular complexity index is 2010. The minimum absolute atomic E-state index is 0.221. The van der Waals surface area contributed by atoms with E-state index in [0.29, 0.717) is 0 Å². The number of rotatable bonds is 4. The van der Waals surface area contributed by atoms with Crippen LogP contribution in [0.3, 0.4) is 0 Å². The molecule has 0 aromatic heterocycles. The second-order valence-corrected chi connectivity index (χ2v) is 10.2. The van der Waals surface area contributed by atoms with Crippen LogP contribution in [0.25, 0.3) is 32.3 Å². The van der Waals surface area contributed by atoms with E-state index in [1.54, 1.807) is 0 Å². The van der Waals surface area contributed by atoms with Gasteiger partial charge in [0.15, 0.2) is 12.0 Å². The molecule has 0 bridgehead atoms. The van der Waals surface area contributed by atoms with Crippen LogP contribution in [0, 0.1) is 0 Å². The number of nitrogens with one attached hydrogen (secondary N) is 1. The fraction of sp³-hybridized carbons (Fsp3) is 0.0270. The molecule has 1 heterocycles. The SMILES string of the molecule is c1ccc(C2Nc3c(c4ccc(N(c5ccccc5)c5cccc6ccccc56)cc4c4ccccc34)O2)cc1. The van der Waals surface area contributed by atoms with Gasteiger partial charge in [-0.25, -0.2) is 0 Å². The van der Waals surface area contributed by atoms with Crippen molar-refractivity contribution < 1.29 is 4.74 Å². The lowest BCUT2D eigenvalue weighted by Gasteiger charge is -2.27. The number of anilines is 4. The van der Waals surface area contributed by atoms with Crippen molar-refractivity contribution in [1.82, 2.24) is 0 Å². The quantitative estimate of drug-likeness (QED) is 0.237. The van der Waals surface area contributed by atoms with Gasteiger partial charge in [-0.1, -0.05) is 109 Å². The Labute approximate surface area is 232 Å². The van der Waals surface area contributed by atoms with Crippen molar-refractivity contribution in [3.8, 4) is 5.75 Å². The van der Waals surface area contributed by atoms with Gasteiger partial charge >= 0.3 is 0 Å². The number of hydrogen-bond acceptors (Lipinski definition) is 3. The molecule has 1 aliphatic heterocycles. The van der Waals surface area contributed by atoms with E-state index in [2.05, 4.69) is 150 Å². The summed E-state index contributed by atoms with van der Waals surface area (Å²) in [6.45, 7) is 0. The minimum atomic E-state index is -0.221. The van der Waals surface area contributed by atoms with Crippen molar-refractivity contribution in [3.63, 3.8) is 0 Å². The van der Waals surface area contributed by atoms with Crippen molar-refractivity contribution in [3.05, 3.63) is 151 Å². The number of para-hydroxylation sites is 1. The zero-order valence-corrected chi connectivity index (χ0v) is 21.8. The lowest BCUT2D eigenvalue weighted by atomic mass is 9.98. The summed E-state index contributed by atoms with van der Waals surface area (Å²) in [5, 5.41) is 10.7. The highest BCUT2D eigenvalue weighted by atomic mass is 16.5. The third-order valence-corrected chi connectivity index (χ3v) is 7.85. The number of hydrogen-bond donors (Lipinski definition) is 1. The van der Waals surface area contributed by atoms with Crippen molar-refractivity contribution in [2.75, 3.05) is 10.2 Å². The molecule has 40 heavy (non-hydrogen) atoms. The van der Waals surface area contributed by atoms with Crippen molar-refractivity contribution >= 4 is 55.1 Å². The molecule has 1 unspecified atom stereocenters. The fourth-order valence-corrected chi connectivity index (χ4v) is 6.02. The average Bonchev–Trinajstić information content (AvgIpc) is 3.49. The Balaban J connectivity index is 1.36. The Hall–Kier alpha value is -5.28. The van der Waals surface area contributed by atoms with Crippen molar-refractivity contribution in [2.24, 2.45) is 0 Å². The first-order valence-electron chi connectivity index (χ1n) is 13.6. The van der Waals surface area contributed by atoms with Gasteiger partial charge in [-0.15, -0.1) is 0 Å². The second-order valence-electron chi connectivity index (χ2n) is 10.2. The largest absolute Gasteiger partial charge is 0.464 e. The first kappa shape index (κ1) is 22.7. The summed E-state index contributed by atoms with van der Waals surface area (Å²) in [6.07, 6.45) is -0.221. The topological polar surface area (TPSA) is 24.5 Å². The normalized spacial score (nSPS) is 14.2. The molecule has 1 aliphatic rings. The molecule has 0 amide bonds. The van der Waals surface area contributed by atoms with Crippen LogP contribution in [0.4, 0.5) is 22.7 Å². The lowest BCUT2D eigenvalue weighted by Crippen LogP contribution is -2.10. The van der Waals surface area contributed by atoms with Crippen LogP contribution in [0.2, 0.25) is 0 Å². The van der Waals surface area contributed by atoms with Gasteiger partial charge in [-0.3, -0.25) is 0 Å². The molecule has 7 aromatic rings. The third-order valence-electron chi connectivity index (χ3n) is 7.85. The van der Waals surface area contributed by atoms with Gasteiger partial charge in [-0.2, -0.15) is 0 Å². The Kier molecular flexibility index (Phi) is 5.20. The zero-order valence-electron chi connectivity index (χ0n) is 21.8. The smallest absolute Gasteiger partial charge is 0.196 e. The van der Waals surface area contributed by atoms with E-state index in [-0.39, 0.29) is 6.23 Å². The molecule has 7 aromatic carbocycles. The highest BCUT2D eigenvalue weighted by Crippen LogP contribution is 2.50. The van der Waals surface area contributed by atoms with E-state index in [9.17, 15) is 0 Å². The van der Waals surface area contributed by atoms with E-state index < -0.39 is 0 Å². The molecule has 3 heteroatoms. The maximum atomic E-state index is 6.62. The van der Waals surface area contributed by atoms with E-state index in [0.717, 1.165) is 44.8 Å². The summed E-state index contributed by atoms with van der Waals surface area (Å²) in [7, 11) is 0. The molecule has 3 nitrogen and oxygen atoms in total.